The number of aromatic amines is 1. The molecule has 8 heteroatoms. The summed E-state index contributed by atoms with van der Waals surface area (Å²) in [5.74, 6) is -0.834. The van der Waals surface area contributed by atoms with E-state index in [1.54, 1.807) is 11.1 Å². The van der Waals surface area contributed by atoms with E-state index in [2.05, 4.69) is 5.32 Å². The molecule has 1 unspecified atom stereocenters. The van der Waals surface area contributed by atoms with Gasteiger partial charge in [0, 0.05) is 5.56 Å². The van der Waals surface area contributed by atoms with Crippen molar-refractivity contribution in [2.75, 3.05) is 0 Å². The average Bonchev–Trinajstić information content (AvgIpc) is 2.86. The molecule has 1 aliphatic carbocycles. The number of aryl methyl sites for hydroxylation is 1. The molecule has 1 heterocycles. The van der Waals surface area contributed by atoms with E-state index in [9.17, 15) is 27.9 Å². The van der Waals surface area contributed by atoms with Gasteiger partial charge >= 0.3 is 6.18 Å². The number of hydrogen-bond donors (Lipinski definition) is 3. The molecular formula is C20H19F3N2O3. The standard InChI is InChI=1S/C20H19F3N2O3/c1-3-4-12-16(11-6-5-10(2)9-14(11)17(12)26)25-19(28)13-7-8-15(20(21,22)23)24-18(13)27/h5-9,17,26H,3-4H2,1-2H3,(H,24,27)(H,25,28). The number of nitrogens with one attached hydrogen (secondary N) is 2. The van der Waals surface area contributed by atoms with Crippen molar-refractivity contribution in [2.24, 2.45) is 0 Å². The van der Waals surface area contributed by atoms with Crippen LogP contribution in [0.4, 0.5) is 13.2 Å². The maximum atomic E-state index is 12.7. The number of halogens is 3. The van der Waals surface area contributed by atoms with Crippen LogP contribution in [-0.4, -0.2) is 16.0 Å². The lowest BCUT2D eigenvalue weighted by Crippen LogP contribution is -2.30. The molecule has 3 rings (SSSR count). The van der Waals surface area contributed by atoms with Gasteiger partial charge in [0.25, 0.3) is 11.5 Å². The molecule has 5 nitrogen and oxygen atoms in total. The number of aliphatic hydroxyl groups excluding tert-OH is 1. The third-order valence-electron chi connectivity index (χ3n) is 4.64. The summed E-state index contributed by atoms with van der Waals surface area (Å²) in [6.45, 7) is 3.80. The van der Waals surface area contributed by atoms with Crippen molar-refractivity contribution >= 4 is 11.6 Å². The monoisotopic (exact) mass is 392 g/mol. The molecule has 148 valence electrons. The average molecular weight is 392 g/mol. The van der Waals surface area contributed by atoms with Crippen molar-refractivity contribution in [1.82, 2.24) is 10.3 Å². The minimum atomic E-state index is -4.71. The maximum absolute atomic E-state index is 12.7. The smallest absolute Gasteiger partial charge is 0.384 e. The van der Waals surface area contributed by atoms with Gasteiger partial charge in [0.2, 0.25) is 0 Å². The second-order valence-corrected chi connectivity index (χ2v) is 6.71. The summed E-state index contributed by atoms with van der Waals surface area (Å²) in [7, 11) is 0. The Labute approximate surface area is 158 Å². The highest BCUT2D eigenvalue weighted by Gasteiger charge is 2.33. The van der Waals surface area contributed by atoms with Gasteiger partial charge in [-0.25, -0.2) is 0 Å². The highest BCUT2D eigenvalue weighted by molar-refractivity contribution is 6.00. The largest absolute Gasteiger partial charge is 0.431 e. The van der Waals surface area contributed by atoms with Crippen LogP contribution in [0.15, 0.2) is 40.7 Å². The Balaban J connectivity index is 1.98. The fourth-order valence-corrected chi connectivity index (χ4v) is 3.31. The number of benzene rings is 1. The van der Waals surface area contributed by atoms with E-state index in [-0.39, 0.29) is 0 Å². The molecule has 0 aliphatic heterocycles. The molecule has 1 aromatic heterocycles. The summed E-state index contributed by atoms with van der Waals surface area (Å²) < 4.78 is 38.1. The first kappa shape index (κ1) is 19.9. The first-order valence-electron chi connectivity index (χ1n) is 8.77. The van der Waals surface area contributed by atoms with Crippen molar-refractivity contribution in [3.05, 3.63) is 74.2 Å². The van der Waals surface area contributed by atoms with Crippen LogP contribution in [0.2, 0.25) is 0 Å². The lowest BCUT2D eigenvalue weighted by atomic mass is 10.0. The molecule has 1 aromatic carbocycles. The summed E-state index contributed by atoms with van der Waals surface area (Å²) in [6, 6.07) is 6.91. The summed E-state index contributed by atoms with van der Waals surface area (Å²) in [6.07, 6.45) is -4.35. The van der Waals surface area contributed by atoms with Crippen LogP contribution in [0.3, 0.4) is 0 Å². The van der Waals surface area contributed by atoms with Crippen molar-refractivity contribution in [2.45, 2.75) is 39.0 Å². The zero-order valence-electron chi connectivity index (χ0n) is 15.3. The molecule has 0 bridgehead atoms. The number of H-pyrrole nitrogens is 1. The molecule has 0 saturated carbocycles. The number of amides is 1. The first-order chi connectivity index (χ1) is 13.1. The van der Waals surface area contributed by atoms with Crippen LogP contribution in [0.5, 0.6) is 0 Å². The van der Waals surface area contributed by atoms with E-state index in [1.807, 2.05) is 26.0 Å². The van der Waals surface area contributed by atoms with Crippen molar-refractivity contribution < 1.29 is 23.1 Å². The second kappa shape index (κ2) is 7.27. The fraction of sp³-hybridized carbons (Fsp3) is 0.300. The van der Waals surface area contributed by atoms with Crippen LogP contribution in [0, 0.1) is 6.92 Å². The van der Waals surface area contributed by atoms with Gasteiger partial charge in [-0.1, -0.05) is 37.1 Å². The molecule has 3 N–H and O–H groups in total. The van der Waals surface area contributed by atoms with Gasteiger partial charge in [0.15, 0.2) is 0 Å². The Kier molecular flexibility index (Phi) is 5.16. The number of pyridine rings is 1. The Morgan fingerprint density at radius 2 is 1.96 bits per heavy atom. The van der Waals surface area contributed by atoms with Gasteiger partial charge in [0.1, 0.15) is 17.4 Å². The van der Waals surface area contributed by atoms with Crippen LogP contribution in [-0.2, 0) is 6.18 Å². The molecular weight excluding hydrogens is 373 g/mol. The van der Waals surface area contributed by atoms with E-state index in [1.165, 1.54) is 0 Å². The van der Waals surface area contributed by atoms with E-state index in [0.29, 0.717) is 34.9 Å². The number of aromatic nitrogens is 1. The Hall–Kier alpha value is -2.87. The lowest BCUT2D eigenvalue weighted by Gasteiger charge is -2.12. The van der Waals surface area contributed by atoms with Crippen molar-refractivity contribution in [1.29, 1.82) is 0 Å². The minimum absolute atomic E-state index is 0.397. The fourth-order valence-electron chi connectivity index (χ4n) is 3.31. The lowest BCUT2D eigenvalue weighted by molar-refractivity contribution is -0.141. The first-order valence-corrected chi connectivity index (χ1v) is 8.77. The zero-order chi connectivity index (χ0) is 20.6. The van der Waals surface area contributed by atoms with Gasteiger partial charge in [-0.15, -0.1) is 0 Å². The normalized spacial score (nSPS) is 16.3. The number of carbonyl (C=O) groups excluding carboxylic acids is 1. The van der Waals surface area contributed by atoms with Crippen LogP contribution in [0.25, 0.3) is 5.70 Å². The molecule has 0 fully saturated rings. The Morgan fingerprint density at radius 1 is 1.25 bits per heavy atom. The van der Waals surface area contributed by atoms with E-state index in [4.69, 9.17) is 0 Å². The predicted molar refractivity (Wildman–Crippen MR) is 97.5 cm³/mol. The molecule has 28 heavy (non-hydrogen) atoms. The van der Waals surface area contributed by atoms with Gasteiger partial charge in [-0.05, 0) is 36.6 Å². The van der Waals surface area contributed by atoms with Gasteiger partial charge in [0.05, 0.1) is 5.70 Å². The van der Waals surface area contributed by atoms with E-state index >= 15 is 0 Å². The molecule has 1 aliphatic rings. The van der Waals surface area contributed by atoms with Gasteiger partial charge < -0.3 is 15.4 Å². The quantitative estimate of drug-likeness (QED) is 0.742. The number of alkyl halides is 3. The maximum Gasteiger partial charge on any atom is 0.431 e. The third-order valence-corrected chi connectivity index (χ3v) is 4.64. The molecule has 1 atom stereocenters. The molecule has 1 amide bonds. The Morgan fingerprint density at radius 3 is 2.57 bits per heavy atom. The second-order valence-electron chi connectivity index (χ2n) is 6.71. The molecule has 0 spiro atoms. The summed E-state index contributed by atoms with van der Waals surface area (Å²) in [5, 5.41) is 13.2. The number of hydrogen-bond acceptors (Lipinski definition) is 3. The highest BCUT2D eigenvalue weighted by Crippen LogP contribution is 2.41. The number of fused-ring (bicyclic) bond motifs is 1. The van der Waals surface area contributed by atoms with Crippen LogP contribution >= 0.6 is 0 Å². The summed E-state index contributed by atoms with van der Waals surface area (Å²) in [5.41, 5.74) is 0.447. The van der Waals surface area contributed by atoms with Gasteiger partial charge in [-0.3, -0.25) is 9.59 Å². The zero-order valence-corrected chi connectivity index (χ0v) is 15.3. The van der Waals surface area contributed by atoms with E-state index in [0.717, 1.165) is 18.1 Å². The molecule has 0 radical (unpaired) electrons. The van der Waals surface area contributed by atoms with E-state index < -0.39 is 35.0 Å². The minimum Gasteiger partial charge on any atom is -0.384 e. The summed E-state index contributed by atoms with van der Waals surface area (Å²) in [4.78, 5) is 26.3. The molecule has 0 saturated heterocycles. The predicted octanol–water partition coefficient (Wildman–Crippen LogP) is 3.69. The summed E-state index contributed by atoms with van der Waals surface area (Å²) >= 11 is 0. The SMILES string of the molecule is CCCC1=C(NC(=O)c2ccc(C(F)(F)F)[nH]c2=O)c2ccc(C)cc2C1O. The molecule has 2 aromatic rings. The van der Waals surface area contributed by atoms with Crippen LogP contribution < -0.4 is 10.9 Å². The topological polar surface area (TPSA) is 82.2 Å². The highest BCUT2D eigenvalue weighted by atomic mass is 19.4. The Bertz CT molecular complexity index is 1020. The number of rotatable bonds is 4. The van der Waals surface area contributed by atoms with Gasteiger partial charge in [-0.2, -0.15) is 13.2 Å². The van der Waals surface area contributed by atoms with Crippen molar-refractivity contribution in [3.63, 3.8) is 0 Å². The van der Waals surface area contributed by atoms with Crippen LogP contribution in [0.1, 0.15) is 58.6 Å². The number of aliphatic hydroxyl groups is 1. The number of carbonyl (C=O) groups is 1. The third kappa shape index (κ3) is 3.60. The van der Waals surface area contributed by atoms with Crippen molar-refractivity contribution in [3.8, 4) is 0 Å².